The van der Waals surface area contributed by atoms with Gasteiger partial charge >= 0.3 is 5.97 Å². The first-order valence-electron chi connectivity index (χ1n) is 4.43. The van der Waals surface area contributed by atoms with Crippen molar-refractivity contribution in [1.82, 2.24) is 20.3 Å². The van der Waals surface area contributed by atoms with Gasteiger partial charge in [-0.05, 0) is 0 Å². The lowest BCUT2D eigenvalue weighted by Gasteiger charge is -2.00. The van der Waals surface area contributed by atoms with Crippen LogP contribution >= 0.6 is 0 Å². The quantitative estimate of drug-likeness (QED) is 0.655. The van der Waals surface area contributed by atoms with E-state index in [2.05, 4.69) is 15.6 Å². The Labute approximate surface area is 86.1 Å². The number of hydrogen-bond donors (Lipinski definition) is 2. The van der Waals surface area contributed by atoms with Crippen molar-refractivity contribution in [1.29, 1.82) is 0 Å². The summed E-state index contributed by atoms with van der Waals surface area (Å²) in [6.45, 7) is 2.36. The molecule has 0 aliphatic heterocycles. The van der Waals surface area contributed by atoms with Gasteiger partial charge in [0.1, 0.15) is 0 Å². The van der Waals surface area contributed by atoms with Crippen LogP contribution in [0.3, 0.4) is 0 Å². The third-order valence-corrected chi connectivity index (χ3v) is 1.63. The average Bonchev–Trinajstić information content (AvgIpc) is 2.50. The lowest BCUT2D eigenvalue weighted by atomic mass is 10.3. The maximum atomic E-state index is 10.6. The Kier molecular flexibility index (Phi) is 3.78. The fraction of sp³-hybridized carbons (Fsp3) is 0.500. The number of rotatable bonds is 5. The van der Waals surface area contributed by atoms with Gasteiger partial charge in [-0.2, -0.15) is 0 Å². The maximum absolute atomic E-state index is 10.6. The Balaban J connectivity index is 2.39. The summed E-state index contributed by atoms with van der Waals surface area (Å²) in [5.74, 6) is -1.05. The number of aromatic nitrogens is 3. The van der Waals surface area contributed by atoms with Crippen molar-refractivity contribution in [2.75, 3.05) is 6.54 Å². The number of carboxylic acids is 1. The number of carbonyl (C=O) groups excluding carboxylic acids is 1. The molecule has 0 saturated heterocycles. The Bertz CT molecular complexity index is 361. The second-order valence-electron chi connectivity index (χ2n) is 3.03. The molecule has 1 aromatic heterocycles. The van der Waals surface area contributed by atoms with Gasteiger partial charge in [0.15, 0.2) is 0 Å². The van der Waals surface area contributed by atoms with Crippen LogP contribution < -0.4 is 5.32 Å². The van der Waals surface area contributed by atoms with Gasteiger partial charge in [0.05, 0.1) is 18.7 Å². The predicted octanol–water partition coefficient (Wildman–Crippen LogP) is -0.959. The number of nitrogens with one attached hydrogen (secondary N) is 1. The van der Waals surface area contributed by atoms with E-state index >= 15 is 0 Å². The second kappa shape index (κ2) is 5.08. The molecule has 15 heavy (non-hydrogen) atoms. The molecule has 0 atom stereocenters. The first kappa shape index (κ1) is 11.2. The molecule has 0 aliphatic rings. The number of hydrogen-bond acceptors (Lipinski definition) is 4. The number of nitrogens with zero attached hydrogens (tertiary/aromatic N) is 3. The minimum atomic E-state index is -0.941. The third kappa shape index (κ3) is 4.21. The molecule has 0 aromatic carbocycles. The van der Waals surface area contributed by atoms with Crippen LogP contribution in [0.2, 0.25) is 0 Å². The largest absolute Gasteiger partial charge is 0.481 e. The molecule has 0 fully saturated rings. The molecule has 7 nitrogen and oxygen atoms in total. The van der Waals surface area contributed by atoms with E-state index in [0.29, 0.717) is 18.8 Å². The molecular weight excluding hydrogens is 200 g/mol. The summed E-state index contributed by atoms with van der Waals surface area (Å²) in [4.78, 5) is 20.9. The first-order valence-corrected chi connectivity index (χ1v) is 4.43. The van der Waals surface area contributed by atoms with Gasteiger partial charge in [-0.25, -0.2) is 0 Å². The standard InChI is InChI=1S/C8H12N4O3/c1-6(13)9-2-3-12-5-7(10-11-12)4-8(14)15/h5H,2-4H2,1H3,(H,9,13)(H,14,15). The van der Waals surface area contributed by atoms with Crippen LogP contribution in [-0.4, -0.2) is 38.5 Å². The van der Waals surface area contributed by atoms with Crippen molar-refractivity contribution in [3.8, 4) is 0 Å². The van der Waals surface area contributed by atoms with E-state index in [1.807, 2.05) is 0 Å². The summed E-state index contributed by atoms with van der Waals surface area (Å²) in [5.41, 5.74) is 0.408. The minimum absolute atomic E-state index is 0.110. The van der Waals surface area contributed by atoms with Gasteiger partial charge in [-0.3, -0.25) is 14.3 Å². The predicted molar refractivity (Wildman–Crippen MR) is 50.0 cm³/mol. The fourth-order valence-electron chi connectivity index (χ4n) is 1.03. The summed E-state index contributed by atoms with van der Waals surface area (Å²) < 4.78 is 1.49. The van der Waals surface area contributed by atoms with Crippen molar-refractivity contribution in [3.05, 3.63) is 11.9 Å². The molecule has 0 aliphatic carbocycles. The molecule has 0 unspecified atom stereocenters. The van der Waals surface area contributed by atoms with Gasteiger partial charge in [-0.1, -0.05) is 5.21 Å². The van der Waals surface area contributed by atoms with Crippen molar-refractivity contribution in [3.63, 3.8) is 0 Å². The number of amides is 1. The van der Waals surface area contributed by atoms with Crippen molar-refractivity contribution >= 4 is 11.9 Å². The molecule has 82 valence electrons. The van der Waals surface area contributed by atoms with Crippen molar-refractivity contribution in [2.45, 2.75) is 19.9 Å². The smallest absolute Gasteiger partial charge is 0.309 e. The highest BCUT2D eigenvalue weighted by Crippen LogP contribution is 1.93. The normalized spacial score (nSPS) is 9.93. The molecule has 1 amide bonds. The lowest BCUT2D eigenvalue weighted by molar-refractivity contribution is -0.136. The minimum Gasteiger partial charge on any atom is -0.481 e. The summed E-state index contributed by atoms with van der Waals surface area (Å²) in [7, 11) is 0. The van der Waals surface area contributed by atoms with Crippen LogP contribution in [-0.2, 0) is 22.6 Å². The summed E-state index contributed by atoms with van der Waals surface area (Å²) in [6, 6.07) is 0. The third-order valence-electron chi connectivity index (χ3n) is 1.63. The van der Waals surface area contributed by atoms with Crippen molar-refractivity contribution < 1.29 is 14.7 Å². The topological polar surface area (TPSA) is 97.1 Å². The zero-order chi connectivity index (χ0) is 11.3. The van der Waals surface area contributed by atoms with Gasteiger partial charge in [0.2, 0.25) is 5.91 Å². The maximum Gasteiger partial charge on any atom is 0.309 e. The molecule has 0 radical (unpaired) electrons. The molecule has 7 heteroatoms. The summed E-state index contributed by atoms with van der Waals surface area (Å²) in [6.07, 6.45) is 1.41. The molecule has 0 saturated carbocycles. The lowest BCUT2D eigenvalue weighted by Crippen LogP contribution is -2.24. The monoisotopic (exact) mass is 212 g/mol. The van der Waals surface area contributed by atoms with E-state index in [0.717, 1.165) is 0 Å². The molecule has 1 aromatic rings. The number of carboxylic acid groups (broad SMARTS) is 1. The number of aliphatic carboxylic acids is 1. The fourth-order valence-corrected chi connectivity index (χ4v) is 1.03. The van der Waals surface area contributed by atoms with Gasteiger partial charge in [0.25, 0.3) is 0 Å². The van der Waals surface area contributed by atoms with E-state index in [-0.39, 0.29) is 12.3 Å². The summed E-state index contributed by atoms with van der Waals surface area (Å²) >= 11 is 0. The Hall–Kier alpha value is -1.92. The van der Waals surface area contributed by atoms with E-state index < -0.39 is 5.97 Å². The molecule has 2 N–H and O–H groups in total. The number of carbonyl (C=O) groups is 2. The van der Waals surface area contributed by atoms with E-state index in [9.17, 15) is 9.59 Å². The molecule has 1 rings (SSSR count). The van der Waals surface area contributed by atoms with Crippen LogP contribution in [0.25, 0.3) is 0 Å². The molecule has 0 spiro atoms. The van der Waals surface area contributed by atoms with Gasteiger partial charge < -0.3 is 10.4 Å². The Morgan fingerprint density at radius 1 is 1.60 bits per heavy atom. The first-order chi connectivity index (χ1) is 7.08. The second-order valence-corrected chi connectivity index (χ2v) is 3.03. The zero-order valence-electron chi connectivity index (χ0n) is 8.30. The highest BCUT2D eigenvalue weighted by atomic mass is 16.4. The van der Waals surface area contributed by atoms with Crippen LogP contribution in [0.5, 0.6) is 0 Å². The van der Waals surface area contributed by atoms with Crippen LogP contribution in [0.4, 0.5) is 0 Å². The highest BCUT2D eigenvalue weighted by Gasteiger charge is 2.05. The van der Waals surface area contributed by atoms with E-state index in [4.69, 9.17) is 5.11 Å². The van der Waals surface area contributed by atoms with Crippen LogP contribution in [0, 0.1) is 0 Å². The SMILES string of the molecule is CC(=O)NCCn1cc(CC(=O)O)nn1. The van der Waals surface area contributed by atoms with Crippen molar-refractivity contribution in [2.24, 2.45) is 0 Å². The zero-order valence-corrected chi connectivity index (χ0v) is 8.30. The van der Waals surface area contributed by atoms with E-state index in [1.165, 1.54) is 11.6 Å². The molecule has 1 heterocycles. The Morgan fingerprint density at radius 2 is 2.33 bits per heavy atom. The van der Waals surface area contributed by atoms with E-state index in [1.54, 1.807) is 6.20 Å². The van der Waals surface area contributed by atoms with Crippen LogP contribution in [0.1, 0.15) is 12.6 Å². The van der Waals surface area contributed by atoms with Crippen LogP contribution in [0.15, 0.2) is 6.20 Å². The Morgan fingerprint density at radius 3 is 2.93 bits per heavy atom. The average molecular weight is 212 g/mol. The highest BCUT2D eigenvalue weighted by molar-refractivity contribution is 5.72. The molecule has 0 bridgehead atoms. The van der Waals surface area contributed by atoms with Gasteiger partial charge in [-0.15, -0.1) is 5.10 Å². The molecular formula is C8H12N4O3. The van der Waals surface area contributed by atoms with Gasteiger partial charge in [0, 0.05) is 19.7 Å². The summed E-state index contributed by atoms with van der Waals surface area (Å²) in [5, 5.41) is 18.5.